The van der Waals surface area contributed by atoms with E-state index in [0.29, 0.717) is 11.0 Å². The van der Waals surface area contributed by atoms with Gasteiger partial charge in [-0.1, -0.05) is 11.6 Å². The van der Waals surface area contributed by atoms with Crippen molar-refractivity contribution in [2.24, 2.45) is 7.05 Å². The largest absolute Gasteiger partial charge is 0.380 e. The Balaban J connectivity index is 1.78. The molecule has 2 aromatic heterocycles. The fourth-order valence-corrected chi connectivity index (χ4v) is 2.60. The number of anilines is 1. The number of hydrogen-bond donors (Lipinski definition) is 1. The maximum absolute atomic E-state index is 5.78. The molecule has 18 heavy (non-hydrogen) atoms. The number of thiazole rings is 1. The normalized spacial score (nSPS) is 11.0. The van der Waals surface area contributed by atoms with Crippen molar-refractivity contribution in [3.63, 3.8) is 0 Å². The van der Waals surface area contributed by atoms with Gasteiger partial charge in [0, 0.05) is 23.8 Å². The van der Waals surface area contributed by atoms with Gasteiger partial charge in [0.25, 0.3) is 0 Å². The molecule has 0 aliphatic rings. The molecule has 92 valence electrons. The minimum atomic E-state index is 0.566. The van der Waals surface area contributed by atoms with Gasteiger partial charge in [0.15, 0.2) is 4.47 Å². The topological polar surface area (TPSA) is 55.6 Å². The number of aryl methyl sites for hydroxylation is 1. The van der Waals surface area contributed by atoms with Gasteiger partial charge < -0.3 is 5.32 Å². The first kappa shape index (κ1) is 11.4. The van der Waals surface area contributed by atoms with E-state index in [2.05, 4.69) is 20.5 Å². The molecule has 3 aromatic rings. The highest BCUT2D eigenvalue weighted by Gasteiger charge is 2.03. The molecule has 5 nitrogen and oxygen atoms in total. The number of rotatable bonds is 3. The van der Waals surface area contributed by atoms with E-state index in [9.17, 15) is 0 Å². The highest BCUT2D eigenvalue weighted by Crippen LogP contribution is 2.20. The van der Waals surface area contributed by atoms with Gasteiger partial charge in [-0.05, 0) is 18.2 Å². The number of nitrogens with zero attached hydrogens (tertiary/aromatic N) is 4. The van der Waals surface area contributed by atoms with E-state index >= 15 is 0 Å². The molecule has 0 bridgehead atoms. The number of hydrogen-bond acceptors (Lipinski definition) is 5. The summed E-state index contributed by atoms with van der Waals surface area (Å²) in [7, 11) is 1.81. The number of halogens is 1. The van der Waals surface area contributed by atoms with Crippen molar-refractivity contribution in [3.05, 3.63) is 33.7 Å². The lowest BCUT2D eigenvalue weighted by Crippen LogP contribution is -1.96. The van der Waals surface area contributed by atoms with Crippen LogP contribution in [-0.4, -0.2) is 20.0 Å². The van der Waals surface area contributed by atoms with Crippen LogP contribution >= 0.6 is 22.9 Å². The van der Waals surface area contributed by atoms with Crippen molar-refractivity contribution < 1.29 is 0 Å². The van der Waals surface area contributed by atoms with Crippen LogP contribution in [-0.2, 0) is 13.6 Å². The Kier molecular flexibility index (Phi) is 2.89. The molecule has 0 spiro atoms. The van der Waals surface area contributed by atoms with Crippen LogP contribution in [0.3, 0.4) is 0 Å². The van der Waals surface area contributed by atoms with Gasteiger partial charge in [-0.2, -0.15) is 15.0 Å². The molecule has 0 saturated heterocycles. The minimum Gasteiger partial charge on any atom is -0.380 e. The molecule has 0 aliphatic heterocycles. The third-order valence-electron chi connectivity index (χ3n) is 2.47. The van der Waals surface area contributed by atoms with E-state index in [1.165, 1.54) is 11.3 Å². The summed E-state index contributed by atoms with van der Waals surface area (Å²) >= 11 is 7.26. The van der Waals surface area contributed by atoms with Gasteiger partial charge in [0.1, 0.15) is 11.0 Å². The molecule has 0 unspecified atom stereocenters. The van der Waals surface area contributed by atoms with E-state index in [4.69, 9.17) is 11.6 Å². The lowest BCUT2D eigenvalue weighted by Gasteiger charge is -2.03. The van der Waals surface area contributed by atoms with Crippen molar-refractivity contribution in [2.45, 2.75) is 6.54 Å². The van der Waals surface area contributed by atoms with Crippen LogP contribution in [0.1, 0.15) is 4.88 Å². The quantitative estimate of drug-likeness (QED) is 0.801. The fourth-order valence-electron chi connectivity index (χ4n) is 1.69. The molecule has 3 rings (SSSR count). The van der Waals surface area contributed by atoms with E-state index in [1.54, 1.807) is 11.0 Å². The monoisotopic (exact) mass is 279 g/mol. The number of fused-ring (bicyclic) bond motifs is 1. The van der Waals surface area contributed by atoms with Crippen LogP contribution in [0.2, 0.25) is 4.47 Å². The van der Waals surface area contributed by atoms with Gasteiger partial charge in [0.05, 0.1) is 6.54 Å². The van der Waals surface area contributed by atoms with E-state index < -0.39 is 0 Å². The van der Waals surface area contributed by atoms with Crippen molar-refractivity contribution in [1.29, 1.82) is 0 Å². The second-order valence-corrected chi connectivity index (χ2v) is 5.52. The second-order valence-electron chi connectivity index (χ2n) is 3.83. The first-order valence-electron chi connectivity index (χ1n) is 5.36. The Morgan fingerprint density at radius 1 is 1.33 bits per heavy atom. The van der Waals surface area contributed by atoms with Crippen molar-refractivity contribution in [3.8, 4) is 0 Å². The molecule has 0 radical (unpaired) electrons. The van der Waals surface area contributed by atoms with Crippen LogP contribution in [0, 0.1) is 0 Å². The third kappa shape index (κ3) is 2.30. The van der Waals surface area contributed by atoms with Crippen LogP contribution in [0.25, 0.3) is 11.0 Å². The van der Waals surface area contributed by atoms with Crippen LogP contribution in [0.4, 0.5) is 5.69 Å². The maximum Gasteiger partial charge on any atom is 0.183 e. The predicted octanol–water partition coefficient (Wildman–Crippen LogP) is 2.69. The number of benzene rings is 1. The average molecular weight is 280 g/mol. The Morgan fingerprint density at radius 3 is 2.94 bits per heavy atom. The average Bonchev–Trinajstić information content (AvgIpc) is 2.90. The second kappa shape index (κ2) is 4.55. The molecule has 0 aliphatic carbocycles. The zero-order valence-corrected chi connectivity index (χ0v) is 11.2. The third-order valence-corrected chi connectivity index (χ3v) is 3.59. The Bertz CT molecular complexity index is 690. The van der Waals surface area contributed by atoms with E-state index in [0.717, 1.165) is 21.6 Å². The summed E-state index contributed by atoms with van der Waals surface area (Å²) < 4.78 is 0.566. The minimum absolute atomic E-state index is 0.566. The fraction of sp³-hybridized carbons (Fsp3) is 0.182. The van der Waals surface area contributed by atoms with Gasteiger partial charge >= 0.3 is 0 Å². The highest BCUT2D eigenvalue weighted by atomic mass is 35.5. The summed E-state index contributed by atoms with van der Waals surface area (Å²) in [6.45, 7) is 0.705. The van der Waals surface area contributed by atoms with Gasteiger partial charge in [-0.25, -0.2) is 4.98 Å². The Labute approximate surface area is 112 Å². The first-order chi connectivity index (χ1) is 8.70. The Morgan fingerprint density at radius 2 is 2.17 bits per heavy atom. The predicted molar refractivity (Wildman–Crippen MR) is 73.0 cm³/mol. The molecule has 0 amide bonds. The van der Waals surface area contributed by atoms with Crippen LogP contribution < -0.4 is 5.32 Å². The number of nitrogens with one attached hydrogen (secondary N) is 1. The zero-order chi connectivity index (χ0) is 12.5. The lowest BCUT2D eigenvalue weighted by atomic mass is 10.3. The van der Waals surface area contributed by atoms with E-state index in [-0.39, 0.29) is 0 Å². The molecule has 2 heterocycles. The van der Waals surface area contributed by atoms with Crippen LogP contribution in [0.15, 0.2) is 24.4 Å². The first-order valence-corrected chi connectivity index (χ1v) is 6.55. The number of aromatic nitrogens is 4. The molecular weight excluding hydrogens is 270 g/mol. The molecule has 0 fully saturated rings. The van der Waals surface area contributed by atoms with E-state index in [1.807, 2.05) is 25.2 Å². The molecule has 0 atom stereocenters. The van der Waals surface area contributed by atoms with Crippen molar-refractivity contribution >= 4 is 39.7 Å². The summed E-state index contributed by atoms with van der Waals surface area (Å²) in [6, 6.07) is 5.91. The summed E-state index contributed by atoms with van der Waals surface area (Å²) in [4.78, 5) is 6.66. The summed E-state index contributed by atoms with van der Waals surface area (Å²) in [5.41, 5.74) is 2.78. The maximum atomic E-state index is 5.78. The standard InChI is InChI=1S/C11H10ClN5S/c1-17-15-9-3-2-7(4-10(9)16-17)13-5-8-6-14-11(12)18-8/h2-4,6,13H,5H2,1H3. The molecule has 0 saturated carbocycles. The van der Waals surface area contributed by atoms with Gasteiger partial charge in [-0.15, -0.1) is 11.3 Å². The highest BCUT2D eigenvalue weighted by molar-refractivity contribution is 7.15. The smallest absolute Gasteiger partial charge is 0.183 e. The summed E-state index contributed by atoms with van der Waals surface area (Å²) in [5, 5.41) is 11.8. The lowest BCUT2D eigenvalue weighted by molar-refractivity contribution is 0.665. The Hall–Kier alpha value is -1.66. The zero-order valence-electron chi connectivity index (χ0n) is 9.59. The van der Waals surface area contributed by atoms with Crippen molar-refractivity contribution in [2.75, 3.05) is 5.32 Å². The SMILES string of the molecule is Cn1nc2ccc(NCc3cnc(Cl)s3)cc2n1. The van der Waals surface area contributed by atoms with Crippen LogP contribution in [0.5, 0.6) is 0 Å². The molecular formula is C11H10ClN5S. The molecule has 7 heteroatoms. The summed E-state index contributed by atoms with van der Waals surface area (Å²) in [5.74, 6) is 0. The molecule has 1 aromatic carbocycles. The summed E-state index contributed by atoms with van der Waals surface area (Å²) in [6.07, 6.45) is 1.78. The van der Waals surface area contributed by atoms with Gasteiger partial charge in [0.2, 0.25) is 0 Å². The van der Waals surface area contributed by atoms with Crippen molar-refractivity contribution in [1.82, 2.24) is 20.0 Å². The molecule has 1 N–H and O–H groups in total. The van der Waals surface area contributed by atoms with Gasteiger partial charge in [-0.3, -0.25) is 0 Å².